The van der Waals surface area contributed by atoms with Gasteiger partial charge in [-0.05, 0) is 27.2 Å². The van der Waals surface area contributed by atoms with Crippen molar-refractivity contribution in [1.82, 2.24) is 19.9 Å². The van der Waals surface area contributed by atoms with E-state index in [2.05, 4.69) is 27.5 Å². The van der Waals surface area contributed by atoms with E-state index >= 15 is 0 Å². The Morgan fingerprint density at radius 2 is 2.17 bits per heavy atom. The molecule has 0 bridgehead atoms. The second kappa shape index (κ2) is 8.77. The summed E-state index contributed by atoms with van der Waals surface area (Å²) in [6, 6.07) is 0. The van der Waals surface area contributed by atoms with Gasteiger partial charge in [0.25, 0.3) is 0 Å². The van der Waals surface area contributed by atoms with E-state index in [1.165, 1.54) is 9.18 Å². The zero-order chi connectivity index (χ0) is 17.6. The van der Waals surface area contributed by atoms with Gasteiger partial charge in [0.05, 0.1) is 23.0 Å². The Hall–Kier alpha value is -1.19. The first-order valence-corrected chi connectivity index (χ1v) is 10.8. The number of aliphatic imine (C=N–C) groups is 1. The van der Waals surface area contributed by atoms with Gasteiger partial charge in [-0.25, -0.2) is 17.7 Å². The van der Waals surface area contributed by atoms with Gasteiger partial charge in [-0.3, -0.25) is 4.99 Å². The van der Waals surface area contributed by atoms with Gasteiger partial charge < -0.3 is 10.6 Å². The van der Waals surface area contributed by atoms with Crippen molar-refractivity contribution >= 4 is 27.3 Å². The molecule has 2 N–H and O–H groups in total. The molecule has 1 aromatic rings. The van der Waals surface area contributed by atoms with Crippen molar-refractivity contribution < 1.29 is 8.42 Å². The third-order valence-corrected chi connectivity index (χ3v) is 6.96. The van der Waals surface area contributed by atoms with E-state index in [-0.39, 0.29) is 5.75 Å². The smallest absolute Gasteiger partial charge is 0.214 e. The second-order valence-corrected chi connectivity index (χ2v) is 9.13. The zero-order valence-corrected chi connectivity index (χ0v) is 16.3. The average molecular weight is 374 g/mol. The molecule has 0 spiro atoms. The van der Waals surface area contributed by atoms with E-state index < -0.39 is 10.0 Å². The average Bonchev–Trinajstić information content (AvgIpc) is 3.01. The normalized spacial score (nSPS) is 18.0. The Morgan fingerprint density at radius 3 is 2.75 bits per heavy atom. The topological polar surface area (TPSA) is 86.7 Å². The number of aryl methyl sites for hydroxylation is 2. The highest BCUT2D eigenvalue weighted by Gasteiger charge is 2.27. The number of aromatic nitrogens is 1. The largest absolute Gasteiger partial charge is 0.357 e. The predicted octanol–water partition coefficient (Wildman–Crippen LogP) is 0.893. The third kappa shape index (κ3) is 5.42. The molecule has 1 aromatic heterocycles. The van der Waals surface area contributed by atoms with E-state index in [0.29, 0.717) is 19.6 Å². The maximum atomic E-state index is 11.8. The molecule has 0 aliphatic carbocycles. The van der Waals surface area contributed by atoms with Crippen molar-refractivity contribution in [2.24, 2.45) is 4.99 Å². The van der Waals surface area contributed by atoms with Crippen molar-refractivity contribution in [2.45, 2.75) is 33.6 Å². The number of sulfonamides is 1. The van der Waals surface area contributed by atoms with Gasteiger partial charge in [-0.1, -0.05) is 0 Å². The molecule has 7 nitrogen and oxygen atoms in total. The molecule has 136 valence electrons. The van der Waals surface area contributed by atoms with Crippen molar-refractivity contribution in [3.05, 3.63) is 15.6 Å². The third-order valence-electron chi connectivity index (χ3n) is 3.87. The highest BCUT2D eigenvalue weighted by atomic mass is 32.2. The molecule has 9 heteroatoms. The molecular weight excluding hydrogens is 346 g/mol. The summed E-state index contributed by atoms with van der Waals surface area (Å²) >= 11 is 1.73. The van der Waals surface area contributed by atoms with Crippen LogP contribution < -0.4 is 10.6 Å². The Morgan fingerprint density at radius 1 is 1.38 bits per heavy atom. The molecule has 2 rings (SSSR count). The van der Waals surface area contributed by atoms with Crippen LogP contribution in [0.4, 0.5) is 0 Å². The van der Waals surface area contributed by atoms with Gasteiger partial charge in [0, 0.05) is 37.5 Å². The first-order chi connectivity index (χ1) is 11.4. The van der Waals surface area contributed by atoms with Crippen molar-refractivity contribution in [3.8, 4) is 0 Å². The monoisotopic (exact) mass is 373 g/mol. The van der Waals surface area contributed by atoms with Crippen LogP contribution in [0.25, 0.3) is 0 Å². The van der Waals surface area contributed by atoms with Gasteiger partial charge in [0.2, 0.25) is 10.0 Å². The van der Waals surface area contributed by atoms with Crippen LogP contribution in [0, 0.1) is 13.8 Å². The second-order valence-electron chi connectivity index (χ2n) is 5.76. The molecule has 0 atom stereocenters. The van der Waals surface area contributed by atoms with E-state index in [0.717, 1.165) is 42.6 Å². The molecule has 0 radical (unpaired) electrons. The van der Waals surface area contributed by atoms with Crippen LogP contribution in [0.15, 0.2) is 4.99 Å². The Bertz CT molecular complexity index is 650. The summed E-state index contributed by atoms with van der Waals surface area (Å²) in [6.45, 7) is 9.17. The molecule has 2 heterocycles. The molecule has 1 saturated heterocycles. The molecule has 1 fully saturated rings. The Balaban J connectivity index is 1.79. The maximum absolute atomic E-state index is 11.8. The predicted molar refractivity (Wildman–Crippen MR) is 99.3 cm³/mol. The lowest BCUT2D eigenvalue weighted by atomic mass is 10.4. The summed E-state index contributed by atoms with van der Waals surface area (Å²) in [4.78, 5) is 10.3. The van der Waals surface area contributed by atoms with Gasteiger partial charge >= 0.3 is 0 Å². The number of hydrogen-bond donors (Lipinski definition) is 2. The molecule has 0 unspecified atom stereocenters. The van der Waals surface area contributed by atoms with Crippen LogP contribution >= 0.6 is 11.3 Å². The van der Waals surface area contributed by atoms with Crippen molar-refractivity contribution in [2.75, 3.05) is 38.5 Å². The lowest BCUT2D eigenvalue weighted by Gasteiger charge is -2.14. The van der Waals surface area contributed by atoms with E-state index in [9.17, 15) is 8.42 Å². The molecule has 0 aromatic carbocycles. The maximum Gasteiger partial charge on any atom is 0.214 e. The lowest BCUT2D eigenvalue weighted by Crippen LogP contribution is -2.39. The standard InChI is InChI=1S/C15H27N5O2S2/c1-4-16-15(17-7-6-14-19-12(2)13(3)23-14)18-8-10-20-9-5-11-24(20,21)22/h4-11H2,1-3H3,(H2,16,17,18). The van der Waals surface area contributed by atoms with E-state index in [1.807, 2.05) is 13.8 Å². The van der Waals surface area contributed by atoms with Crippen LogP contribution in [-0.4, -0.2) is 62.1 Å². The van der Waals surface area contributed by atoms with Gasteiger partial charge in [0.1, 0.15) is 0 Å². The molecule has 0 saturated carbocycles. The molecular formula is C15H27N5O2S2. The van der Waals surface area contributed by atoms with Crippen LogP contribution in [0.5, 0.6) is 0 Å². The Labute approximate surface area is 148 Å². The zero-order valence-electron chi connectivity index (χ0n) is 14.6. The van der Waals surface area contributed by atoms with E-state index in [4.69, 9.17) is 0 Å². The summed E-state index contributed by atoms with van der Waals surface area (Å²) in [5, 5.41) is 7.59. The first kappa shape index (κ1) is 19.1. The number of rotatable bonds is 7. The Kier molecular flexibility index (Phi) is 7.00. The number of guanidine groups is 1. The molecule has 24 heavy (non-hydrogen) atoms. The summed E-state index contributed by atoms with van der Waals surface area (Å²) in [5.41, 5.74) is 1.10. The van der Waals surface area contributed by atoms with Crippen LogP contribution in [-0.2, 0) is 16.4 Å². The minimum atomic E-state index is -3.04. The number of nitrogens with one attached hydrogen (secondary N) is 2. The van der Waals surface area contributed by atoms with Gasteiger partial charge in [-0.2, -0.15) is 0 Å². The summed E-state index contributed by atoms with van der Waals surface area (Å²) in [5.74, 6) is 0.987. The minimum absolute atomic E-state index is 0.266. The van der Waals surface area contributed by atoms with Crippen molar-refractivity contribution in [1.29, 1.82) is 0 Å². The minimum Gasteiger partial charge on any atom is -0.357 e. The SMILES string of the molecule is CCNC(=NCCN1CCCS1(=O)=O)NCCc1nc(C)c(C)s1. The fourth-order valence-corrected chi connectivity index (χ4v) is 4.94. The van der Waals surface area contributed by atoms with Crippen LogP contribution in [0.2, 0.25) is 0 Å². The highest BCUT2D eigenvalue weighted by molar-refractivity contribution is 7.89. The van der Waals surface area contributed by atoms with Crippen LogP contribution in [0.1, 0.15) is 28.9 Å². The van der Waals surface area contributed by atoms with Gasteiger partial charge in [-0.15, -0.1) is 11.3 Å². The summed E-state index contributed by atoms with van der Waals surface area (Å²) < 4.78 is 25.1. The molecule has 1 aliphatic rings. The van der Waals surface area contributed by atoms with Crippen molar-refractivity contribution in [3.63, 3.8) is 0 Å². The fourth-order valence-electron chi connectivity index (χ4n) is 2.49. The number of thiazole rings is 1. The summed E-state index contributed by atoms with van der Waals surface area (Å²) in [7, 11) is -3.04. The quantitative estimate of drug-likeness (QED) is 0.548. The number of nitrogens with zero attached hydrogens (tertiary/aromatic N) is 3. The van der Waals surface area contributed by atoms with E-state index in [1.54, 1.807) is 11.3 Å². The van der Waals surface area contributed by atoms with Crippen LogP contribution in [0.3, 0.4) is 0 Å². The lowest BCUT2D eigenvalue weighted by molar-refractivity contribution is 0.452. The highest BCUT2D eigenvalue weighted by Crippen LogP contribution is 2.16. The number of hydrogen-bond acceptors (Lipinski definition) is 5. The molecule has 1 aliphatic heterocycles. The first-order valence-electron chi connectivity index (χ1n) is 8.35. The van der Waals surface area contributed by atoms with Gasteiger partial charge in [0.15, 0.2) is 5.96 Å². The molecule has 0 amide bonds. The fraction of sp³-hybridized carbons (Fsp3) is 0.733. The summed E-state index contributed by atoms with van der Waals surface area (Å²) in [6.07, 6.45) is 1.57.